The van der Waals surface area contributed by atoms with Crippen molar-refractivity contribution in [1.82, 2.24) is 4.90 Å². The molecule has 0 radical (unpaired) electrons. The van der Waals surface area contributed by atoms with E-state index in [0.717, 1.165) is 18.2 Å². The molecule has 136 valence electrons. The zero-order valence-electron chi connectivity index (χ0n) is 14.6. The van der Waals surface area contributed by atoms with E-state index in [0.29, 0.717) is 19.4 Å². The molecule has 1 saturated heterocycles. The van der Waals surface area contributed by atoms with E-state index >= 15 is 0 Å². The Kier molecular flexibility index (Phi) is 5.45. The maximum Gasteiger partial charge on any atom is 0.335 e. The first-order chi connectivity index (χ1) is 11.6. The summed E-state index contributed by atoms with van der Waals surface area (Å²) in [5, 5.41) is 11.4. The molecule has 0 bridgehead atoms. The lowest BCUT2D eigenvalue weighted by molar-refractivity contribution is -0.142. The molecule has 1 atom stereocenters. The Morgan fingerprint density at radius 3 is 2.56 bits per heavy atom. The highest BCUT2D eigenvalue weighted by Crippen LogP contribution is 2.25. The lowest BCUT2D eigenvalue weighted by Crippen LogP contribution is -2.47. The Balaban J connectivity index is 2.09. The third kappa shape index (κ3) is 4.55. The van der Waals surface area contributed by atoms with Crippen molar-refractivity contribution in [3.05, 3.63) is 29.6 Å². The van der Waals surface area contributed by atoms with Gasteiger partial charge in [0.2, 0.25) is 11.8 Å². The molecule has 0 aromatic heterocycles. The molecule has 2 rings (SSSR count). The number of likely N-dealkylation sites (tertiary alicyclic amines) is 1. The summed E-state index contributed by atoms with van der Waals surface area (Å²) in [6.45, 7) is 6.36. The van der Waals surface area contributed by atoms with Crippen LogP contribution in [0.15, 0.2) is 18.2 Å². The minimum Gasteiger partial charge on any atom is -0.478 e. The van der Waals surface area contributed by atoms with Crippen molar-refractivity contribution in [2.75, 3.05) is 18.4 Å². The Bertz CT molecular complexity index is 697. The standard InChI is InChI=1S/C18H23FN2O4/c1-18(2,3)17(25)21-8-4-5-12(10-21)15(22)20-14-9-11(16(23)24)6-7-13(14)19/h6-7,9,12H,4-5,8,10H2,1-3H3,(H,20,22)(H,23,24). The smallest absolute Gasteiger partial charge is 0.335 e. The average Bonchev–Trinajstić information content (AvgIpc) is 2.55. The highest BCUT2D eigenvalue weighted by atomic mass is 19.1. The van der Waals surface area contributed by atoms with Gasteiger partial charge in [0.15, 0.2) is 0 Å². The van der Waals surface area contributed by atoms with Crippen LogP contribution in [0, 0.1) is 17.2 Å². The lowest BCUT2D eigenvalue weighted by Gasteiger charge is -2.35. The summed E-state index contributed by atoms with van der Waals surface area (Å²) in [5.41, 5.74) is -0.797. The van der Waals surface area contributed by atoms with Gasteiger partial charge in [-0.1, -0.05) is 20.8 Å². The Labute approximate surface area is 146 Å². The number of anilines is 1. The predicted molar refractivity (Wildman–Crippen MR) is 90.7 cm³/mol. The molecule has 1 aliphatic heterocycles. The van der Waals surface area contributed by atoms with Crippen LogP contribution < -0.4 is 5.32 Å². The van der Waals surface area contributed by atoms with Crippen molar-refractivity contribution >= 4 is 23.5 Å². The van der Waals surface area contributed by atoms with E-state index in [1.807, 2.05) is 20.8 Å². The summed E-state index contributed by atoms with van der Waals surface area (Å²) in [7, 11) is 0. The molecule has 6 nitrogen and oxygen atoms in total. The number of carboxylic acid groups (broad SMARTS) is 1. The molecule has 0 saturated carbocycles. The minimum atomic E-state index is -1.20. The topological polar surface area (TPSA) is 86.7 Å². The fourth-order valence-corrected chi connectivity index (χ4v) is 2.84. The van der Waals surface area contributed by atoms with Crippen molar-refractivity contribution in [3.63, 3.8) is 0 Å². The number of piperidine rings is 1. The number of aromatic carboxylic acids is 1. The molecule has 1 unspecified atom stereocenters. The molecule has 1 aliphatic rings. The summed E-state index contributed by atoms with van der Waals surface area (Å²) >= 11 is 0. The maximum atomic E-state index is 13.8. The SMILES string of the molecule is CC(C)(C)C(=O)N1CCCC(C(=O)Nc2cc(C(=O)O)ccc2F)C1. The Morgan fingerprint density at radius 2 is 1.96 bits per heavy atom. The molecule has 1 aromatic carbocycles. The average molecular weight is 350 g/mol. The second-order valence-electron chi connectivity index (χ2n) is 7.33. The molecule has 25 heavy (non-hydrogen) atoms. The lowest BCUT2D eigenvalue weighted by atomic mass is 9.91. The number of carboxylic acids is 1. The summed E-state index contributed by atoms with van der Waals surface area (Å²) in [4.78, 5) is 37.5. The number of hydrogen-bond donors (Lipinski definition) is 2. The number of carbonyl (C=O) groups excluding carboxylic acids is 2. The molecular formula is C18H23FN2O4. The van der Waals surface area contributed by atoms with E-state index in [1.54, 1.807) is 4.90 Å². The number of benzene rings is 1. The largest absolute Gasteiger partial charge is 0.478 e. The number of halogens is 1. The first kappa shape index (κ1) is 18.9. The first-order valence-corrected chi connectivity index (χ1v) is 8.22. The summed E-state index contributed by atoms with van der Waals surface area (Å²) in [6.07, 6.45) is 1.29. The Hall–Kier alpha value is -2.44. The van der Waals surface area contributed by atoms with Crippen molar-refractivity contribution in [2.24, 2.45) is 11.3 Å². The van der Waals surface area contributed by atoms with E-state index in [2.05, 4.69) is 5.32 Å². The summed E-state index contributed by atoms with van der Waals surface area (Å²) in [6, 6.07) is 3.24. The fourth-order valence-electron chi connectivity index (χ4n) is 2.84. The van der Waals surface area contributed by atoms with Crippen molar-refractivity contribution in [3.8, 4) is 0 Å². The van der Waals surface area contributed by atoms with Crippen LogP contribution in [0.25, 0.3) is 0 Å². The summed E-state index contributed by atoms with van der Waals surface area (Å²) < 4.78 is 13.8. The van der Waals surface area contributed by atoms with Gasteiger partial charge in [-0.15, -0.1) is 0 Å². The van der Waals surface area contributed by atoms with E-state index in [-0.39, 0.29) is 23.7 Å². The van der Waals surface area contributed by atoms with E-state index in [1.165, 1.54) is 0 Å². The molecule has 0 spiro atoms. The number of nitrogens with zero attached hydrogens (tertiary/aromatic N) is 1. The first-order valence-electron chi connectivity index (χ1n) is 8.22. The third-order valence-corrected chi connectivity index (χ3v) is 4.19. The number of hydrogen-bond acceptors (Lipinski definition) is 3. The quantitative estimate of drug-likeness (QED) is 0.877. The minimum absolute atomic E-state index is 0.0240. The van der Waals surface area contributed by atoms with Gasteiger partial charge < -0.3 is 15.3 Å². The zero-order chi connectivity index (χ0) is 18.8. The number of carbonyl (C=O) groups is 3. The van der Waals surface area contributed by atoms with Gasteiger partial charge >= 0.3 is 5.97 Å². The van der Waals surface area contributed by atoms with Crippen LogP contribution in [0.4, 0.5) is 10.1 Å². The molecule has 0 aliphatic carbocycles. The molecule has 1 fully saturated rings. The van der Waals surface area contributed by atoms with Gasteiger partial charge in [0.05, 0.1) is 17.2 Å². The molecule has 2 N–H and O–H groups in total. The number of amides is 2. The van der Waals surface area contributed by atoms with Crippen LogP contribution in [0.3, 0.4) is 0 Å². The van der Waals surface area contributed by atoms with Gasteiger partial charge in [-0.25, -0.2) is 9.18 Å². The molecule has 1 aromatic rings. The van der Waals surface area contributed by atoms with Crippen LogP contribution in [-0.2, 0) is 9.59 Å². The predicted octanol–water partition coefficient (Wildman–Crippen LogP) is 2.75. The second-order valence-corrected chi connectivity index (χ2v) is 7.33. The van der Waals surface area contributed by atoms with Crippen molar-refractivity contribution in [2.45, 2.75) is 33.6 Å². The van der Waals surface area contributed by atoms with Crippen LogP contribution in [0.5, 0.6) is 0 Å². The van der Waals surface area contributed by atoms with Crippen LogP contribution in [0.1, 0.15) is 44.0 Å². The fraction of sp³-hybridized carbons (Fsp3) is 0.500. The molecule has 2 amide bonds. The molecule has 7 heteroatoms. The van der Waals surface area contributed by atoms with E-state index in [4.69, 9.17) is 5.11 Å². The van der Waals surface area contributed by atoms with Gasteiger partial charge in [0.25, 0.3) is 0 Å². The normalized spacial score (nSPS) is 17.9. The van der Waals surface area contributed by atoms with E-state index in [9.17, 15) is 18.8 Å². The molecule has 1 heterocycles. The van der Waals surface area contributed by atoms with Gasteiger partial charge in [0, 0.05) is 18.5 Å². The highest BCUT2D eigenvalue weighted by Gasteiger charge is 2.33. The highest BCUT2D eigenvalue weighted by molar-refractivity contribution is 5.95. The van der Waals surface area contributed by atoms with Crippen molar-refractivity contribution < 1.29 is 23.9 Å². The Morgan fingerprint density at radius 1 is 1.28 bits per heavy atom. The van der Waals surface area contributed by atoms with Crippen LogP contribution in [0.2, 0.25) is 0 Å². The molecular weight excluding hydrogens is 327 g/mol. The van der Waals surface area contributed by atoms with Gasteiger partial charge in [-0.3, -0.25) is 9.59 Å². The maximum absolute atomic E-state index is 13.8. The number of rotatable bonds is 3. The van der Waals surface area contributed by atoms with Gasteiger partial charge in [-0.05, 0) is 31.0 Å². The van der Waals surface area contributed by atoms with Crippen LogP contribution >= 0.6 is 0 Å². The van der Waals surface area contributed by atoms with Crippen LogP contribution in [-0.4, -0.2) is 40.9 Å². The monoisotopic (exact) mass is 350 g/mol. The summed E-state index contributed by atoms with van der Waals surface area (Å²) in [5.74, 6) is -2.78. The zero-order valence-corrected chi connectivity index (χ0v) is 14.6. The van der Waals surface area contributed by atoms with E-state index < -0.39 is 29.0 Å². The van der Waals surface area contributed by atoms with Crippen molar-refractivity contribution in [1.29, 1.82) is 0 Å². The second kappa shape index (κ2) is 7.21. The third-order valence-electron chi connectivity index (χ3n) is 4.19. The van der Waals surface area contributed by atoms with Gasteiger partial charge in [0.1, 0.15) is 5.82 Å². The number of nitrogens with one attached hydrogen (secondary N) is 1. The van der Waals surface area contributed by atoms with Gasteiger partial charge in [-0.2, -0.15) is 0 Å².